The molecule has 8 heteroatoms. The summed E-state index contributed by atoms with van der Waals surface area (Å²) >= 11 is 6.21. The second-order valence-electron chi connectivity index (χ2n) is 4.62. The topological polar surface area (TPSA) is 65.5 Å². The van der Waals surface area contributed by atoms with Crippen LogP contribution in [0.5, 0.6) is 0 Å². The van der Waals surface area contributed by atoms with Crippen molar-refractivity contribution in [2.75, 3.05) is 44.7 Å². The number of nitrogens with one attached hydrogen (secondary N) is 1. The number of halogens is 1. The molecule has 0 atom stereocenters. The first kappa shape index (κ1) is 15.5. The van der Waals surface area contributed by atoms with Crippen LogP contribution in [0.4, 0.5) is 5.69 Å². The molecule has 0 unspecified atom stereocenters. The molecule has 1 aliphatic heterocycles. The van der Waals surface area contributed by atoms with Crippen LogP contribution in [0.1, 0.15) is 6.92 Å². The zero-order chi connectivity index (χ0) is 14.8. The van der Waals surface area contributed by atoms with Gasteiger partial charge in [0.15, 0.2) is 0 Å². The molecule has 1 aliphatic rings. The van der Waals surface area contributed by atoms with Gasteiger partial charge >= 0.3 is 0 Å². The molecule has 1 saturated heterocycles. The van der Waals surface area contributed by atoms with Gasteiger partial charge in [0.1, 0.15) is 4.90 Å². The Bertz CT molecular complexity index is 573. The number of hydrogen-bond acceptors (Lipinski definition) is 5. The van der Waals surface area contributed by atoms with Crippen LogP contribution in [0, 0.1) is 0 Å². The number of piperazine rings is 1. The van der Waals surface area contributed by atoms with Crippen LogP contribution >= 0.6 is 11.6 Å². The Labute approximate surface area is 124 Å². The van der Waals surface area contributed by atoms with Crippen molar-refractivity contribution in [2.45, 2.75) is 11.8 Å². The average Bonchev–Trinajstić information content (AvgIpc) is 2.46. The molecule has 0 radical (unpaired) electrons. The molecule has 112 valence electrons. The van der Waals surface area contributed by atoms with Crippen molar-refractivity contribution in [3.05, 3.63) is 17.4 Å². The van der Waals surface area contributed by atoms with Crippen molar-refractivity contribution < 1.29 is 8.42 Å². The molecule has 6 nitrogen and oxygen atoms in total. The van der Waals surface area contributed by atoms with E-state index in [0.717, 1.165) is 26.2 Å². The van der Waals surface area contributed by atoms with Crippen LogP contribution in [-0.4, -0.2) is 57.5 Å². The number of nitrogens with zero attached hydrogens (tertiary/aromatic N) is 3. The van der Waals surface area contributed by atoms with E-state index in [9.17, 15) is 8.42 Å². The van der Waals surface area contributed by atoms with Gasteiger partial charge in [-0.1, -0.05) is 18.5 Å². The minimum atomic E-state index is -3.57. The molecule has 20 heavy (non-hydrogen) atoms. The van der Waals surface area contributed by atoms with Crippen molar-refractivity contribution >= 4 is 27.3 Å². The smallest absolute Gasteiger partial charge is 0.246 e. The summed E-state index contributed by atoms with van der Waals surface area (Å²) in [6, 6.07) is 0. The lowest BCUT2D eigenvalue weighted by Gasteiger charge is -2.32. The predicted octanol–water partition coefficient (Wildman–Crippen LogP) is 0.785. The lowest BCUT2D eigenvalue weighted by molar-refractivity contribution is 0.485. The van der Waals surface area contributed by atoms with Gasteiger partial charge in [0.25, 0.3) is 0 Å². The predicted molar refractivity (Wildman–Crippen MR) is 79.8 cm³/mol. The molecular formula is C12H19ClN4O2S. The highest BCUT2D eigenvalue weighted by Crippen LogP contribution is 2.33. The first-order valence-corrected chi connectivity index (χ1v) is 8.35. The van der Waals surface area contributed by atoms with Gasteiger partial charge in [-0.2, -0.15) is 0 Å². The quantitative estimate of drug-likeness (QED) is 0.889. The molecular weight excluding hydrogens is 300 g/mol. The molecule has 2 heterocycles. The van der Waals surface area contributed by atoms with Gasteiger partial charge in [-0.25, -0.2) is 12.7 Å². The SMILES string of the molecule is CCN(C)S(=O)(=O)c1cncc(Cl)c1N1CCNCC1. The Kier molecular flexibility index (Phi) is 4.85. The Balaban J connectivity index is 2.51. The highest BCUT2D eigenvalue weighted by molar-refractivity contribution is 7.89. The van der Waals surface area contributed by atoms with E-state index in [-0.39, 0.29) is 4.90 Å². The number of sulfonamides is 1. The van der Waals surface area contributed by atoms with E-state index < -0.39 is 10.0 Å². The summed E-state index contributed by atoms with van der Waals surface area (Å²) in [4.78, 5) is 6.12. The van der Waals surface area contributed by atoms with Crippen LogP contribution in [-0.2, 0) is 10.0 Å². The third-order valence-electron chi connectivity index (χ3n) is 3.41. The number of pyridine rings is 1. The fourth-order valence-electron chi connectivity index (χ4n) is 2.13. The molecule has 0 spiro atoms. The minimum absolute atomic E-state index is 0.177. The van der Waals surface area contributed by atoms with Crippen LogP contribution in [0.2, 0.25) is 5.02 Å². The Morgan fingerprint density at radius 2 is 2.05 bits per heavy atom. The summed E-state index contributed by atoms with van der Waals surface area (Å²) in [5.41, 5.74) is 0.559. The maximum atomic E-state index is 12.6. The fraction of sp³-hybridized carbons (Fsp3) is 0.583. The van der Waals surface area contributed by atoms with Crippen LogP contribution in [0.25, 0.3) is 0 Å². The molecule has 1 fully saturated rings. The monoisotopic (exact) mass is 318 g/mol. The minimum Gasteiger partial charge on any atom is -0.367 e. The normalized spacial score (nSPS) is 16.7. The standard InChI is InChI=1S/C12H19ClN4O2S/c1-3-16(2)20(18,19)11-9-15-8-10(13)12(11)17-6-4-14-5-7-17/h8-9,14H,3-7H2,1-2H3. The third-order valence-corrected chi connectivity index (χ3v) is 5.62. The molecule has 1 aromatic rings. The highest BCUT2D eigenvalue weighted by atomic mass is 35.5. The maximum absolute atomic E-state index is 12.6. The largest absolute Gasteiger partial charge is 0.367 e. The van der Waals surface area contributed by atoms with Crippen LogP contribution in [0.3, 0.4) is 0 Å². The molecule has 1 N–H and O–H groups in total. The van der Waals surface area contributed by atoms with Crippen molar-refractivity contribution in [3.63, 3.8) is 0 Å². The van der Waals surface area contributed by atoms with Crippen molar-refractivity contribution in [1.82, 2.24) is 14.6 Å². The third kappa shape index (κ3) is 2.90. The first-order chi connectivity index (χ1) is 9.48. The molecule has 2 rings (SSSR count). The fourth-order valence-corrected chi connectivity index (χ4v) is 3.82. The van der Waals surface area contributed by atoms with Gasteiger partial charge in [0.05, 0.1) is 10.7 Å². The van der Waals surface area contributed by atoms with Gasteiger partial charge in [0, 0.05) is 52.2 Å². The van der Waals surface area contributed by atoms with Gasteiger partial charge in [-0.3, -0.25) is 4.98 Å². The lowest BCUT2D eigenvalue weighted by atomic mass is 10.3. The number of anilines is 1. The molecule has 0 bridgehead atoms. The number of rotatable bonds is 4. The van der Waals surface area contributed by atoms with E-state index in [0.29, 0.717) is 17.3 Å². The van der Waals surface area contributed by atoms with Crippen molar-refractivity contribution in [3.8, 4) is 0 Å². The van der Waals surface area contributed by atoms with Gasteiger partial charge in [-0.05, 0) is 0 Å². The second kappa shape index (κ2) is 6.26. The van der Waals surface area contributed by atoms with E-state index in [4.69, 9.17) is 11.6 Å². The van der Waals surface area contributed by atoms with Gasteiger partial charge < -0.3 is 10.2 Å². The van der Waals surface area contributed by atoms with E-state index in [1.807, 2.05) is 4.90 Å². The van der Waals surface area contributed by atoms with Gasteiger partial charge in [0.2, 0.25) is 10.0 Å². The molecule has 0 amide bonds. The summed E-state index contributed by atoms with van der Waals surface area (Å²) in [5.74, 6) is 0. The maximum Gasteiger partial charge on any atom is 0.246 e. The Hall–Kier alpha value is -0.890. The molecule has 0 saturated carbocycles. The van der Waals surface area contributed by atoms with Crippen molar-refractivity contribution in [1.29, 1.82) is 0 Å². The summed E-state index contributed by atoms with van der Waals surface area (Å²) in [6.07, 6.45) is 2.87. The van der Waals surface area contributed by atoms with E-state index in [1.165, 1.54) is 16.7 Å². The van der Waals surface area contributed by atoms with E-state index in [2.05, 4.69) is 10.3 Å². The number of aromatic nitrogens is 1. The zero-order valence-corrected chi connectivity index (χ0v) is 13.2. The van der Waals surface area contributed by atoms with Crippen LogP contribution < -0.4 is 10.2 Å². The highest BCUT2D eigenvalue weighted by Gasteiger charge is 2.28. The summed E-state index contributed by atoms with van der Waals surface area (Å²) in [5, 5.41) is 3.61. The molecule has 0 aliphatic carbocycles. The summed E-state index contributed by atoms with van der Waals surface area (Å²) in [6.45, 7) is 5.25. The second-order valence-corrected chi connectivity index (χ2v) is 7.04. The summed E-state index contributed by atoms with van der Waals surface area (Å²) < 4.78 is 26.4. The Morgan fingerprint density at radius 1 is 1.40 bits per heavy atom. The Morgan fingerprint density at radius 3 is 2.65 bits per heavy atom. The lowest BCUT2D eigenvalue weighted by Crippen LogP contribution is -2.44. The molecule has 0 aromatic carbocycles. The molecule has 1 aromatic heterocycles. The average molecular weight is 319 g/mol. The first-order valence-electron chi connectivity index (χ1n) is 6.54. The van der Waals surface area contributed by atoms with Crippen molar-refractivity contribution in [2.24, 2.45) is 0 Å². The van der Waals surface area contributed by atoms with E-state index in [1.54, 1.807) is 14.0 Å². The van der Waals surface area contributed by atoms with Crippen LogP contribution in [0.15, 0.2) is 17.3 Å². The van der Waals surface area contributed by atoms with Gasteiger partial charge in [-0.15, -0.1) is 0 Å². The zero-order valence-electron chi connectivity index (χ0n) is 11.6. The van der Waals surface area contributed by atoms with E-state index >= 15 is 0 Å². The number of hydrogen-bond donors (Lipinski definition) is 1. The summed E-state index contributed by atoms with van der Waals surface area (Å²) in [7, 11) is -2.01.